The number of amides is 1. The number of aromatic nitrogens is 2. The van der Waals surface area contributed by atoms with Crippen molar-refractivity contribution in [2.75, 3.05) is 49.1 Å². The van der Waals surface area contributed by atoms with Crippen molar-refractivity contribution in [1.29, 1.82) is 0 Å². The molecular formula is C18H21Cl2N5OS. The second kappa shape index (κ2) is 7.81. The van der Waals surface area contributed by atoms with Crippen molar-refractivity contribution in [2.45, 2.75) is 19.8 Å². The van der Waals surface area contributed by atoms with Crippen LogP contribution in [-0.2, 0) is 0 Å². The van der Waals surface area contributed by atoms with Gasteiger partial charge in [0.15, 0.2) is 0 Å². The Morgan fingerprint density at radius 2 is 1.56 bits per heavy atom. The van der Waals surface area contributed by atoms with E-state index in [-0.39, 0.29) is 5.91 Å². The van der Waals surface area contributed by atoms with E-state index in [1.54, 1.807) is 6.07 Å². The molecule has 0 aliphatic carbocycles. The minimum absolute atomic E-state index is 0.0561. The van der Waals surface area contributed by atoms with Crippen LogP contribution in [-0.4, -0.2) is 60.0 Å². The Bertz CT molecular complexity index is 844. The molecule has 0 atom stereocenters. The predicted molar refractivity (Wildman–Crippen MR) is 111 cm³/mol. The van der Waals surface area contributed by atoms with E-state index in [0.29, 0.717) is 27.3 Å². The fourth-order valence-corrected chi connectivity index (χ4v) is 5.05. The summed E-state index contributed by atoms with van der Waals surface area (Å²) in [5, 5.41) is 0. The minimum Gasteiger partial charge on any atom is -0.356 e. The molecule has 0 spiro atoms. The fraction of sp³-hybridized carbons (Fsp3) is 0.500. The van der Waals surface area contributed by atoms with E-state index in [9.17, 15) is 4.79 Å². The molecule has 2 aromatic rings. The number of hydrogen-bond acceptors (Lipinski definition) is 6. The van der Waals surface area contributed by atoms with Gasteiger partial charge in [0, 0.05) is 45.3 Å². The summed E-state index contributed by atoms with van der Waals surface area (Å²) in [5.74, 6) is 2.67. The maximum absolute atomic E-state index is 12.7. The average molecular weight is 426 g/mol. The van der Waals surface area contributed by atoms with Crippen molar-refractivity contribution < 1.29 is 4.79 Å². The summed E-state index contributed by atoms with van der Waals surface area (Å²) in [6.07, 6.45) is 2.43. The van der Waals surface area contributed by atoms with Crippen molar-refractivity contribution in [2.24, 2.45) is 0 Å². The first-order valence-electron chi connectivity index (χ1n) is 9.11. The number of piperazine rings is 1. The van der Waals surface area contributed by atoms with Crippen molar-refractivity contribution in [3.8, 4) is 0 Å². The van der Waals surface area contributed by atoms with E-state index >= 15 is 0 Å². The highest BCUT2D eigenvalue weighted by molar-refractivity contribution is 7.20. The number of aryl methyl sites for hydroxylation is 1. The molecule has 144 valence electrons. The molecule has 27 heavy (non-hydrogen) atoms. The summed E-state index contributed by atoms with van der Waals surface area (Å²) >= 11 is 13.3. The monoisotopic (exact) mass is 425 g/mol. The van der Waals surface area contributed by atoms with E-state index in [1.165, 1.54) is 24.2 Å². The highest BCUT2D eigenvalue weighted by Crippen LogP contribution is 2.32. The molecule has 6 nitrogen and oxygen atoms in total. The van der Waals surface area contributed by atoms with Crippen LogP contribution in [0.15, 0.2) is 12.1 Å². The number of carbonyl (C=O) groups is 1. The van der Waals surface area contributed by atoms with E-state index < -0.39 is 0 Å². The maximum Gasteiger partial charge on any atom is 0.256 e. The minimum atomic E-state index is -0.0561. The van der Waals surface area contributed by atoms with Crippen LogP contribution in [0, 0.1) is 6.92 Å². The molecule has 4 heterocycles. The van der Waals surface area contributed by atoms with Crippen molar-refractivity contribution in [3.63, 3.8) is 0 Å². The maximum atomic E-state index is 12.7. The zero-order valence-corrected chi connectivity index (χ0v) is 17.4. The molecular weight excluding hydrogens is 405 g/mol. The van der Waals surface area contributed by atoms with Crippen LogP contribution in [0.2, 0.25) is 8.67 Å². The Balaban J connectivity index is 1.44. The highest BCUT2D eigenvalue weighted by atomic mass is 35.5. The third-order valence-electron chi connectivity index (χ3n) is 5.02. The Kier molecular flexibility index (Phi) is 5.43. The largest absolute Gasteiger partial charge is 0.356 e. The van der Waals surface area contributed by atoms with Gasteiger partial charge in [-0.15, -0.1) is 11.3 Å². The quantitative estimate of drug-likeness (QED) is 0.749. The summed E-state index contributed by atoms with van der Waals surface area (Å²) in [6, 6.07) is 3.73. The van der Waals surface area contributed by atoms with Gasteiger partial charge in [-0.05, 0) is 25.8 Å². The molecule has 1 amide bonds. The van der Waals surface area contributed by atoms with Crippen LogP contribution in [0.4, 0.5) is 11.6 Å². The van der Waals surface area contributed by atoms with Crippen molar-refractivity contribution in [3.05, 3.63) is 32.2 Å². The first-order valence-corrected chi connectivity index (χ1v) is 10.7. The number of halogens is 2. The van der Waals surface area contributed by atoms with Crippen LogP contribution in [0.5, 0.6) is 0 Å². The fourth-order valence-electron chi connectivity index (χ4n) is 3.60. The SMILES string of the molecule is Cc1nc(N2CCCC2)cc(N2CCN(C(=O)c3cc(Cl)sc3Cl)CC2)n1. The Morgan fingerprint density at radius 3 is 2.11 bits per heavy atom. The van der Waals surface area contributed by atoms with Crippen LogP contribution >= 0.6 is 34.5 Å². The molecule has 2 aromatic heterocycles. The first kappa shape index (κ1) is 18.8. The number of anilines is 2. The Hall–Kier alpha value is -1.57. The average Bonchev–Trinajstić information content (AvgIpc) is 3.30. The van der Waals surface area contributed by atoms with Crippen LogP contribution in [0.3, 0.4) is 0 Å². The van der Waals surface area contributed by atoms with Gasteiger partial charge in [-0.3, -0.25) is 4.79 Å². The lowest BCUT2D eigenvalue weighted by Gasteiger charge is -2.35. The lowest BCUT2D eigenvalue weighted by Crippen LogP contribution is -2.49. The molecule has 0 N–H and O–H groups in total. The zero-order valence-electron chi connectivity index (χ0n) is 15.1. The van der Waals surface area contributed by atoms with Crippen molar-refractivity contribution in [1.82, 2.24) is 14.9 Å². The first-order chi connectivity index (χ1) is 13.0. The smallest absolute Gasteiger partial charge is 0.256 e. The molecule has 2 fully saturated rings. The van der Waals surface area contributed by atoms with Gasteiger partial charge in [-0.1, -0.05) is 23.2 Å². The molecule has 0 saturated carbocycles. The van der Waals surface area contributed by atoms with E-state index in [4.69, 9.17) is 23.2 Å². The van der Waals surface area contributed by atoms with Gasteiger partial charge in [0.2, 0.25) is 0 Å². The van der Waals surface area contributed by atoms with Gasteiger partial charge in [0.05, 0.1) is 9.90 Å². The standard InChI is InChI=1S/C18H21Cl2N5OS/c1-12-21-15(23-4-2-3-5-23)11-16(22-12)24-6-8-25(9-7-24)18(26)13-10-14(19)27-17(13)20/h10-11H,2-9H2,1H3. The number of rotatable bonds is 3. The third kappa shape index (κ3) is 4.00. The van der Waals surface area contributed by atoms with Crippen LogP contribution < -0.4 is 9.80 Å². The highest BCUT2D eigenvalue weighted by Gasteiger charge is 2.26. The second-order valence-corrected chi connectivity index (χ2v) is 9.13. The van der Waals surface area contributed by atoms with Gasteiger partial charge in [-0.25, -0.2) is 9.97 Å². The number of carbonyl (C=O) groups excluding carboxylic acids is 1. The van der Waals surface area contributed by atoms with Gasteiger partial charge in [0.1, 0.15) is 21.8 Å². The molecule has 2 saturated heterocycles. The summed E-state index contributed by atoms with van der Waals surface area (Å²) < 4.78 is 0.988. The molecule has 9 heteroatoms. The predicted octanol–water partition coefficient (Wildman–Crippen LogP) is 3.72. The topological polar surface area (TPSA) is 52.6 Å². The second-order valence-electron chi connectivity index (χ2n) is 6.84. The number of nitrogens with zero attached hydrogens (tertiary/aromatic N) is 5. The molecule has 0 radical (unpaired) electrons. The van der Waals surface area contributed by atoms with Gasteiger partial charge in [-0.2, -0.15) is 0 Å². The lowest BCUT2D eigenvalue weighted by molar-refractivity contribution is 0.0747. The molecule has 2 aliphatic heterocycles. The number of hydrogen-bond donors (Lipinski definition) is 0. The summed E-state index contributed by atoms with van der Waals surface area (Å²) in [4.78, 5) is 28.3. The lowest BCUT2D eigenvalue weighted by atomic mass is 10.2. The molecule has 4 rings (SSSR count). The molecule has 0 unspecified atom stereocenters. The Labute approximate surface area is 172 Å². The van der Waals surface area contributed by atoms with Gasteiger partial charge >= 0.3 is 0 Å². The summed E-state index contributed by atoms with van der Waals surface area (Å²) in [5.41, 5.74) is 0.495. The zero-order chi connectivity index (χ0) is 19.0. The van der Waals surface area contributed by atoms with E-state index in [0.717, 1.165) is 43.6 Å². The normalized spacial score (nSPS) is 17.7. The summed E-state index contributed by atoms with van der Waals surface area (Å²) in [7, 11) is 0. The Morgan fingerprint density at radius 1 is 0.963 bits per heavy atom. The van der Waals surface area contributed by atoms with Crippen molar-refractivity contribution >= 4 is 52.1 Å². The van der Waals surface area contributed by atoms with Crippen LogP contribution in [0.1, 0.15) is 29.0 Å². The van der Waals surface area contributed by atoms with E-state index in [1.807, 2.05) is 11.8 Å². The van der Waals surface area contributed by atoms with Gasteiger partial charge in [0.25, 0.3) is 5.91 Å². The van der Waals surface area contributed by atoms with E-state index in [2.05, 4.69) is 25.8 Å². The van der Waals surface area contributed by atoms with Crippen LogP contribution in [0.25, 0.3) is 0 Å². The molecule has 2 aliphatic rings. The molecule has 0 aromatic carbocycles. The van der Waals surface area contributed by atoms with Gasteiger partial charge < -0.3 is 14.7 Å². The number of thiophene rings is 1. The summed E-state index contributed by atoms with van der Waals surface area (Å²) in [6.45, 7) is 6.78. The molecule has 0 bridgehead atoms. The third-order valence-corrected chi connectivity index (χ3v) is 6.51.